The van der Waals surface area contributed by atoms with E-state index in [-0.39, 0.29) is 11.9 Å². The van der Waals surface area contributed by atoms with Crippen LogP contribution in [-0.4, -0.2) is 43.7 Å². The van der Waals surface area contributed by atoms with Crippen LogP contribution in [0, 0.1) is 0 Å². The van der Waals surface area contributed by atoms with Gasteiger partial charge in [-0.25, -0.2) is 0 Å². The Kier molecular flexibility index (Phi) is 6.27. The predicted octanol–water partition coefficient (Wildman–Crippen LogP) is 3.73. The quantitative estimate of drug-likeness (QED) is 0.666. The lowest BCUT2D eigenvalue weighted by Crippen LogP contribution is -2.43. The summed E-state index contributed by atoms with van der Waals surface area (Å²) in [5.41, 5.74) is 4.13. The van der Waals surface area contributed by atoms with Crippen molar-refractivity contribution in [3.05, 3.63) is 71.5 Å². The second-order valence-corrected chi connectivity index (χ2v) is 7.57. The fourth-order valence-corrected chi connectivity index (χ4v) is 3.86. The van der Waals surface area contributed by atoms with Crippen LogP contribution in [0.4, 0.5) is 0 Å². The highest BCUT2D eigenvalue weighted by molar-refractivity contribution is 5.88. The molecule has 2 aromatic carbocycles. The summed E-state index contributed by atoms with van der Waals surface area (Å²) in [6, 6.07) is 16.3. The van der Waals surface area contributed by atoms with Gasteiger partial charge in [0.05, 0.1) is 31.9 Å². The zero-order valence-electron chi connectivity index (χ0n) is 16.9. The molecule has 1 atom stereocenters. The topological polar surface area (TPSA) is 54.7 Å². The Morgan fingerprint density at radius 2 is 1.93 bits per heavy atom. The first-order valence-corrected chi connectivity index (χ1v) is 10.4. The van der Waals surface area contributed by atoms with Gasteiger partial charge in [0, 0.05) is 30.6 Å². The maximum Gasteiger partial charge on any atom is 0.225 e. The van der Waals surface area contributed by atoms with Gasteiger partial charge in [0.2, 0.25) is 5.91 Å². The summed E-state index contributed by atoms with van der Waals surface area (Å²) in [7, 11) is 0. The Morgan fingerprint density at radius 3 is 2.69 bits per heavy atom. The molecule has 0 bridgehead atoms. The number of ether oxygens (including phenoxy) is 1. The van der Waals surface area contributed by atoms with E-state index in [1.165, 1.54) is 5.56 Å². The lowest BCUT2D eigenvalue weighted by molar-refractivity contribution is -0.121. The van der Waals surface area contributed by atoms with Gasteiger partial charge in [0.25, 0.3) is 0 Å². The monoisotopic (exact) mass is 392 g/mol. The number of amides is 1. The minimum Gasteiger partial charge on any atom is -0.464 e. The lowest BCUT2D eigenvalue weighted by atomic mass is 10.0. The molecule has 1 saturated heterocycles. The van der Waals surface area contributed by atoms with Gasteiger partial charge in [0.1, 0.15) is 5.58 Å². The number of carbonyl (C=O) groups is 1. The zero-order valence-corrected chi connectivity index (χ0v) is 16.9. The van der Waals surface area contributed by atoms with E-state index < -0.39 is 0 Å². The summed E-state index contributed by atoms with van der Waals surface area (Å²) in [5, 5.41) is 4.26. The van der Waals surface area contributed by atoms with Gasteiger partial charge >= 0.3 is 0 Å². The Bertz CT molecular complexity index is 945. The molecular formula is C24H28N2O3. The third-order valence-electron chi connectivity index (χ3n) is 5.56. The van der Waals surface area contributed by atoms with E-state index in [1.54, 1.807) is 6.26 Å². The molecule has 2 heterocycles. The number of morpholine rings is 1. The highest BCUT2D eigenvalue weighted by Gasteiger charge is 2.21. The molecule has 1 N–H and O–H groups in total. The van der Waals surface area contributed by atoms with Crippen molar-refractivity contribution in [3.8, 4) is 0 Å². The highest BCUT2D eigenvalue weighted by Crippen LogP contribution is 2.24. The van der Waals surface area contributed by atoms with Crippen LogP contribution in [0.25, 0.3) is 11.0 Å². The van der Waals surface area contributed by atoms with E-state index in [9.17, 15) is 4.79 Å². The number of rotatable bonds is 7. The number of fused-ring (bicyclic) bond motifs is 1. The van der Waals surface area contributed by atoms with Crippen LogP contribution in [0.3, 0.4) is 0 Å². The normalized spacial score (nSPS) is 16.0. The SMILES string of the molecule is CCc1ccc2c(CC(=O)NC(CN3CCOCC3)c3ccccc3)coc2c1. The first kappa shape index (κ1) is 19.7. The van der Waals surface area contributed by atoms with Crippen LogP contribution < -0.4 is 5.32 Å². The highest BCUT2D eigenvalue weighted by atomic mass is 16.5. The van der Waals surface area contributed by atoms with Crippen LogP contribution >= 0.6 is 0 Å². The maximum absolute atomic E-state index is 12.9. The summed E-state index contributed by atoms with van der Waals surface area (Å²) in [6.07, 6.45) is 2.99. The largest absolute Gasteiger partial charge is 0.464 e. The fourth-order valence-electron chi connectivity index (χ4n) is 3.86. The molecule has 1 fully saturated rings. The molecule has 1 aromatic heterocycles. The van der Waals surface area contributed by atoms with Crippen LogP contribution in [0.1, 0.15) is 29.7 Å². The number of nitrogens with one attached hydrogen (secondary N) is 1. The minimum atomic E-state index is -0.0494. The molecular weight excluding hydrogens is 364 g/mol. The molecule has 1 amide bonds. The van der Waals surface area contributed by atoms with Gasteiger partial charge in [-0.05, 0) is 23.6 Å². The number of carbonyl (C=O) groups excluding carboxylic acids is 1. The standard InChI is InChI=1S/C24H28N2O3/c1-2-18-8-9-21-20(17-29-23(21)14-18)15-24(27)25-22(19-6-4-3-5-7-19)16-26-10-12-28-13-11-26/h3-9,14,17,22H,2,10-13,15-16H2,1H3,(H,25,27). The molecule has 0 saturated carbocycles. The zero-order chi connectivity index (χ0) is 20.1. The summed E-state index contributed by atoms with van der Waals surface area (Å²) in [6.45, 7) is 6.19. The van der Waals surface area contributed by atoms with Crippen molar-refractivity contribution in [2.75, 3.05) is 32.8 Å². The summed E-state index contributed by atoms with van der Waals surface area (Å²) >= 11 is 0. The predicted molar refractivity (Wildman–Crippen MR) is 114 cm³/mol. The van der Waals surface area contributed by atoms with Crippen molar-refractivity contribution in [3.63, 3.8) is 0 Å². The number of benzene rings is 2. The molecule has 5 heteroatoms. The van der Waals surface area contributed by atoms with Crippen molar-refractivity contribution in [1.82, 2.24) is 10.2 Å². The molecule has 152 valence electrons. The Hall–Kier alpha value is -2.63. The third kappa shape index (κ3) is 4.86. The van der Waals surface area contributed by atoms with E-state index in [0.717, 1.165) is 61.4 Å². The first-order valence-electron chi connectivity index (χ1n) is 10.4. The van der Waals surface area contributed by atoms with Crippen LogP contribution in [0.5, 0.6) is 0 Å². The molecule has 0 radical (unpaired) electrons. The number of furan rings is 1. The van der Waals surface area contributed by atoms with E-state index in [1.807, 2.05) is 18.2 Å². The minimum absolute atomic E-state index is 0.00869. The molecule has 5 nitrogen and oxygen atoms in total. The van der Waals surface area contributed by atoms with Crippen molar-refractivity contribution in [1.29, 1.82) is 0 Å². The summed E-state index contributed by atoms with van der Waals surface area (Å²) < 4.78 is 11.2. The summed E-state index contributed by atoms with van der Waals surface area (Å²) in [4.78, 5) is 15.3. The van der Waals surface area contributed by atoms with Crippen LogP contribution in [0.15, 0.2) is 59.2 Å². The molecule has 29 heavy (non-hydrogen) atoms. The Morgan fingerprint density at radius 1 is 1.14 bits per heavy atom. The fraction of sp³-hybridized carbons (Fsp3) is 0.375. The van der Waals surface area contributed by atoms with Gasteiger partial charge in [-0.15, -0.1) is 0 Å². The average molecular weight is 392 g/mol. The average Bonchev–Trinajstić information content (AvgIpc) is 3.16. The number of hydrogen-bond donors (Lipinski definition) is 1. The molecule has 0 aliphatic carbocycles. The van der Waals surface area contributed by atoms with Crippen molar-refractivity contribution >= 4 is 16.9 Å². The Labute approximate surface area is 171 Å². The maximum atomic E-state index is 12.9. The van der Waals surface area contributed by atoms with Gasteiger partial charge in [-0.3, -0.25) is 9.69 Å². The van der Waals surface area contributed by atoms with Crippen LogP contribution in [0.2, 0.25) is 0 Å². The van der Waals surface area contributed by atoms with Crippen LogP contribution in [-0.2, 0) is 22.4 Å². The molecule has 0 spiro atoms. The lowest BCUT2D eigenvalue weighted by Gasteiger charge is -2.31. The summed E-state index contributed by atoms with van der Waals surface area (Å²) in [5.74, 6) is 0.00869. The number of hydrogen-bond acceptors (Lipinski definition) is 4. The van der Waals surface area contributed by atoms with E-state index in [0.29, 0.717) is 6.42 Å². The van der Waals surface area contributed by atoms with Gasteiger partial charge < -0.3 is 14.5 Å². The number of aryl methyl sites for hydroxylation is 1. The molecule has 4 rings (SSSR count). The second kappa shape index (κ2) is 9.25. The first-order chi connectivity index (χ1) is 14.2. The van der Waals surface area contributed by atoms with Gasteiger partial charge in [0.15, 0.2) is 0 Å². The van der Waals surface area contributed by atoms with E-state index in [2.05, 4.69) is 47.5 Å². The Balaban J connectivity index is 1.47. The van der Waals surface area contributed by atoms with Crippen molar-refractivity contribution in [2.45, 2.75) is 25.8 Å². The number of nitrogens with zero attached hydrogens (tertiary/aromatic N) is 1. The molecule has 1 aliphatic heterocycles. The smallest absolute Gasteiger partial charge is 0.225 e. The third-order valence-corrected chi connectivity index (χ3v) is 5.56. The van der Waals surface area contributed by atoms with E-state index in [4.69, 9.17) is 9.15 Å². The molecule has 1 aliphatic rings. The van der Waals surface area contributed by atoms with Crippen molar-refractivity contribution in [2.24, 2.45) is 0 Å². The second-order valence-electron chi connectivity index (χ2n) is 7.57. The van der Waals surface area contributed by atoms with E-state index >= 15 is 0 Å². The van der Waals surface area contributed by atoms with Crippen molar-refractivity contribution < 1.29 is 13.9 Å². The molecule has 3 aromatic rings. The van der Waals surface area contributed by atoms with Gasteiger partial charge in [-0.2, -0.15) is 0 Å². The molecule has 1 unspecified atom stereocenters. The van der Waals surface area contributed by atoms with Gasteiger partial charge in [-0.1, -0.05) is 49.4 Å².